The summed E-state index contributed by atoms with van der Waals surface area (Å²) < 4.78 is 37.8. The molecule has 0 fully saturated rings. The van der Waals surface area contributed by atoms with Gasteiger partial charge < -0.3 is 0 Å². The van der Waals surface area contributed by atoms with Gasteiger partial charge >= 0.3 is 6.18 Å². The highest BCUT2D eigenvalue weighted by Crippen LogP contribution is 2.29. The van der Waals surface area contributed by atoms with Crippen LogP contribution in [0.15, 0.2) is 54.6 Å². The Morgan fingerprint density at radius 1 is 1.09 bits per heavy atom. The number of ketones is 1. The number of nitrogens with zero attached hydrogens (tertiary/aromatic N) is 1. The van der Waals surface area contributed by atoms with E-state index in [9.17, 15) is 18.0 Å². The lowest BCUT2D eigenvalue weighted by molar-refractivity contribution is -0.137. The zero-order chi connectivity index (χ0) is 16.2. The first-order valence-electron chi connectivity index (χ1n) is 6.30. The Bertz CT molecular complexity index is 753. The van der Waals surface area contributed by atoms with Crippen molar-refractivity contribution in [3.8, 4) is 6.07 Å². The van der Waals surface area contributed by atoms with Crippen LogP contribution < -0.4 is 0 Å². The molecule has 0 aliphatic rings. The van der Waals surface area contributed by atoms with E-state index in [1.165, 1.54) is 48.6 Å². The predicted molar refractivity (Wildman–Crippen MR) is 76.0 cm³/mol. The number of rotatable bonds is 3. The highest BCUT2D eigenvalue weighted by Gasteiger charge is 2.30. The summed E-state index contributed by atoms with van der Waals surface area (Å²) in [6.07, 6.45) is -1.88. The summed E-state index contributed by atoms with van der Waals surface area (Å²) in [4.78, 5) is 11.9. The largest absolute Gasteiger partial charge is 0.416 e. The Kier molecular flexibility index (Phi) is 4.42. The van der Waals surface area contributed by atoms with Crippen molar-refractivity contribution >= 4 is 11.9 Å². The van der Waals surface area contributed by atoms with Gasteiger partial charge in [-0.1, -0.05) is 18.2 Å². The van der Waals surface area contributed by atoms with Gasteiger partial charge in [0.2, 0.25) is 0 Å². The standard InChI is InChI=1S/C17H10F3NO/c18-17(19,20)15-3-1-2-12(10-15)6-9-16(22)14-7-4-13(11-21)5-8-14/h1-10H. The lowest BCUT2D eigenvalue weighted by Gasteiger charge is -2.06. The zero-order valence-electron chi connectivity index (χ0n) is 11.3. The molecule has 22 heavy (non-hydrogen) atoms. The molecule has 0 bridgehead atoms. The van der Waals surface area contributed by atoms with Gasteiger partial charge in [-0.05, 0) is 48.0 Å². The van der Waals surface area contributed by atoms with Crippen molar-refractivity contribution < 1.29 is 18.0 Å². The fourth-order valence-electron chi connectivity index (χ4n) is 1.80. The van der Waals surface area contributed by atoms with E-state index < -0.39 is 11.7 Å². The van der Waals surface area contributed by atoms with E-state index >= 15 is 0 Å². The summed E-state index contributed by atoms with van der Waals surface area (Å²) in [6, 6.07) is 12.7. The van der Waals surface area contributed by atoms with Crippen LogP contribution in [0.4, 0.5) is 13.2 Å². The van der Waals surface area contributed by atoms with Gasteiger partial charge in [0.1, 0.15) is 0 Å². The minimum Gasteiger partial charge on any atom is -0.289 e. The first kappa shape index (κ1) is 15.5. The molecule has 0 aliphatic carbocycles. The molecule has 2 aromatic carbocycles. The van der Waals surface area contributed by atoms with Crippen molar-refractivity contribution in [3.63, 3.8) is 0 Å². The van der Waals surface area contributed by atoms with Crippen molar-refractivity contribution in [1.29, 1.82) is 5.26 Å². The van der Waals surface area contributed by atoms with Crippen LogP contribution in [0.1, 0.15) is 27.0 Å². The van der Waals surface area contributed by atoms with Crippen molar-refractivity contribution in [2.45, 2.75) is 6.18 Å². The Hall–Kier alpha value is -2.87. The van der Waals surface area contributed by atoms with Crippen LogP contribution in [0, 0.1) is 11.3 Å². The van der Waals surface area contributed by atoms with Crippen LogP contribution >= 0.6 is 0 Å². The summed E-state index contributed by atoms with van der Waals surface area (Å²) in [5.41, 5.74) is 0.318. The summed E-state index contributed by atoms with van der Waals surface area (Å²) in [5.74, 6) is -0.345. The highest BCUT2D eigenvalue weighted by molar-refractivity contribution is 6.06. The van der Waals surface area contributed by atoms with Gasteiger partial charge in [-0.2, -0.15) is 18.4 Å². The third-order valence-electron chi connectivity index (χ3n) is 2.94. The van der Waals surface area contributed by atoms with Gasteiger partial charge in [-0.3, -0.25) is 4.79 Å². The molecule has 0 aliphatic heterocycles. The molecule has 0 radical (unpaired) electrons. The van der Waals surface area contributed by atoms with Crippen molar-refractivity contribution in [2.75, 3.05) is 0 Å². The number of allylic oxidation sites excluding steroid dienone is 1. The Morgan fingerprint density at radius 3 is 2.36 bits per heavy atom. The lowest BCUT2D eigenvalue weighted by Crippen LogP contribution is -2.04. The molecule has 0 saturated carbocycles. The second-order valence-corrected chi connectivity index (χ2v) is 4.51. The molecule has 0 spiro atoms. The van der Waals surface area contributed by atoms with E-state index in [1.54, 1.807) is 0 Å². The maximum Gasteiger partial charge on any atom is 0.416 e. The van der Waals surface area contributed by atoms with Crippen LogP contribution in [0.5, 0.6) is 0 Å². The van der Waals surface area contributed by atoms with E-state index in [4.69, 9.17) is 5.26 Å². The van der Waals surface area contributed by atoms with E-state index in [2.05, 4.69) is 0 Å². The molecule has 0 N–H and O–H groups in total. The Morgan fingerprint density at radius 2 is 1.77 bits per heavy atom. The average molecular weight is 301 g/mol. The van der Waals surface area contributed by atoms with E-state index in [0.29, 0.717) is 11.1 Å². The van der Waals surface area contributed by atoms with Gasteiger partial charge in [0.05, 0.1) is 17.2 Å². The molecule has 0 atom stereocenters. The quantitative estimate of drug-likeness (QED) is 0.620. The van der Waals surface area contributed by atoms with Crippen LogP contribution in [-0.4, -0.2) is 5.78 Å². The summed E-state index contributed by atoms with van der Waals surface area (Å²) >= 11 is 0. The molecule has 0 unspecified atom stereocenters. The van der Waals surface area contributed by atoms with Crippen molar-refractivity contribution in [2.24, 2.45) is 0 Å². The Balaban J connectivity index is 2.17. The minimum absolute atomic E-state index is 0.289. The number of nitriles is 1. The maximum absolute atomic E-state index is 12.6. The number of carbonyl (C=O) groups is 1. The fourth-order valence-corrected chi connectivity index (χ4v) is 1.80. The minimum atomic E-state index is -4.42. The van der Waals surface area contributed by atoms with Gasteiger partial charge in [0.25, 0.3) is 0 Å². The van der Waals surface area contributed by atoms with E-state index in [1.807, 2.05) is 6.07 Å². The molecule has 0 saturated heterocycles. The molecule has 2 aromatic rings. The van der Waals surface area contributed by atoms with Gasteiger partial charge in [-0.25, -0.2) is 0 Å². The number of hydrogen-bond donors (Lipinski definition) is 0. The number of hydrogen-bond acceptors (Lipinski definition) is 2. The SMILES string of the molecule is N#Cc1ccc(C(=O)C=Cc2cccc(C(F)(F)F)c2)cc1. The molecule has 2 rings (SSSR count). The van der Waals surface area contributed by atoms with Crippen molar-refractivity contribution in [3.05, 3.63) is 76.9 Å². The zero-order valence-corrected chi connectivity index (χ0v) is 11.3. The monoisotopic (exact) mass is 301 g/mol. The molecule has 110 valence electrons. The third-order valence-corrected chi connectivity index (χ3v) is 2.94. The number of benzene rings is 2. The van der Waals surface area contributed by atoms with Crippen LogP contribution in [0.3, 0.4) is 0 Å². The first-order chi connectivity index (χ1) is 10.4. The van der Waals surface area contributed by atoms with Crippen LogP contribution in [0.2, 0.25) is 0 Å². The molecular weight excluding hydrogens is 291 g/mol. The smallest absolute Gasteiger partial charge is 0.289 e. The maximum atomic E-state index is 12.6. The second-order valence-electron chi connectivity index (χ2n) is 4.51. The predicted octanol–water partition coefficient (Wildman–Crippen LogP) is 4.47. The summed E-state index contributed by atoms with van der Waals surface area (Å²) in [7, 11) is 0. The van der Waals surface area contributed by atoms with Crippen LogP contribution in [0.25, 0.3) is 6.08 Å². The van der Waals surface area contributed by atoms with Gasteiger partial charge in [0, 0.05) is 5.56 Å². The molecule has 0 amide bonds. The third kappa shape index (κ3) is 3.83. The lowest BCUT2D eigenvalue weighted by atomic mass is 10.1. The van der Waals surface area contributed by atoms with E-state index in [0.717, 1.165) is 12.1 Å². The van der Waals surface area contributed by atoms with Gasteiger partial charge in [0.15, 0.2) is 5.78 Å². The topological polar surface area (TPSA) is 40.9 Å². The number of carbonyl (C=O) groups excluding carboxylic acids is 1. The van der Waals surface area contributed by atoms with Crippen LogP contribution in [-0.2, 0) is 6.18 Å². The first-order valence-corrected chi connectivity index (χ1v) is 6.30. The average Bonchev–Trinajstić information content (AvgIpc) is 2.52. The highest BCUT2D eigenvalue weighted by atomic mass is 19.4. The molecule has 0 aromatic heterocycles. The number of alkyl halides is 3. The molecule has 5 heteroatoms. The van der Waals surface area contributed by atoms with Crippen molar-refractivity contribution in [1.82, 2.24) is 0 Å². The fraction of sp³-hybridized carbons (Fsp3) is 0.0588. The number of halogens is 3. The molecule has 0 heterocycles. The molecule has 2 nitrogen and oxygen atoms in total. The Labute approximate surface area is 125 Å². The van der Waals surface area contributed by atoms with E-state index in [-0.39, 0.29) is 11.3 Å². The van der Waals surface area contributed by atoms with Gasteiger partial charge in [-0.15, -0.1) is 0 Å². The summed E-state index contributed by atoms with van der Waals surface area (Å²) in [6.45, 7) is 0. The summed E-state index contributed by atoms with van der Waals surface area (Å²) in [5, 5.41) is 8.67. The second kappa shape index (κ2) is 6.27. The molecular formula is C17H10F3NO. The normalized spacial score (nSPS) is 11.4.